The highest BCUT2D eigenvalue weighted by atomic mass is 19.1. The Morgan fingerprint density at radius 2 is 1.70 bits per heavy atom. The molecule has 0 radical (unpaired) electrons. The van der Waals surface area contributed by atoms with Crippen LogP contribution < -0.4 is 10.5 Å². The molecule has 5 rings (SSSR count). The van der Waals surface area contributed by atoms with Crippen LogP contribution >= 0.6 is 0 Å². The number of pyridine rings is 1. The smallest absolute Gasteiger partial charge is 0.259 e. The number of aromatic amines is 1. The molecule has 3 aromatic rings. The van der Waals surface area contributed by atoms with E-state index in [4.69, 9.17) is 0 Å². The van der Waals surface area contributed by atoms with Gasteiger partial charge in [-0.3, -0.25) is 9.69 Å². The molecule has 1 aliphatic heterocycles. The lowest BCUT2D eigenvalue weighted by Gasteiger charge is -2.39. The second-order valence-corrected chi connectivity index (χ2v) is 8.42. The van der Waals surface area contributed by atoms with E-state index in [1.807, 2.05) is 18.2 Å². The summed E-state index contributed by atoms with van der Waals surface area (Å²) in [6.07, 6.45) is 3.14. The first kappa shape index (κ1) is 19.2. The molecular formula is C24H25F2N3O. The zero-order valence-corrected chi connectivity index (χ0v) is 16.8. The van der Waals surface area contributed by atoms with E-state index in [-0.39, 0.29) is 16.8 Å². The third kappa shape index (κ3) is 3.60. The Morgan fingerprint density at radius 1 is 0.933 bits per heavy atom. The molecule has 1 saturated heterocycles. The third-order valence-electron chi connectivity index (χ3n) is 6.71. The molecule has 156 valence electrons. The predicted molar refractivity (Wildman–Crippen MR) is 115 cm³/mol. The molecule has 1 aromatic heterocycles. The Labute approximate surface area is 174 Å². The summed E-state index contributed by atoms with van der Waals surface area (Å²) in [7, 11) is 0. The van der Waals surface area contributed by atoms with Crippen LogP contribution in [-0.2, 0) is 0 Å². The Balaban J connectivity index is 1.25. The maximum Gasteiger partial charge on any atom is 0.259 e. The lowest BCUT2D eigenvalue weighted by molar-refractivity contribution is 0.186. The van der Waals surface area contributed by atoms with Crippen molar-refractivity contribution in [2.45, 2.75) is 31.2 Å². The van der Waals surface area contributed by atoms with E-state index in [0.29, 0.717) is 17.3 Å². The highest BCUT2D eigenvalue weighted by Crippen LogP contribution is 2.37. The fourth-order valence-corrected chi connectivity index (χ4v) is 5.09. The molecule has 1 saturated carbocycles. The van der Waals surface area contributed by atoms with Crippen LogP contribution in [0.4, 0.5) is 14.5 Å². The lowest BCUT2D eigenvalue weighted by atomic mass is 10.00. The average Bonchev–Trinajstić information content (AvgIpc) is 3.25. The van der Waals surface area contributed by atoms with Crippen LogP contribution in [0.2, 0.25) is 0 Å². The van der Waals surface area contributed by atoms with Crippen molar-refractivity contribution in [3.05, 3.63) is 76.2 Å². The molecule has 1 aliphatic carbocycles. The second kappa shape index (κ2) is 7.84. The first-order valence-corrected chi connectivity index (χ1v) is 10.6. The van der Waals surface area contributed by atoms with Crippen LogP contribution in [0.5, 0.6) is 0 Å². The first-order chi connectivity index (χ1) is 14.6. The van der Waals surface area contributed by atoms with Crippen LogP contribution in [-0.4, -0.2) is 42.1 Å². The summed E-state index contributed by atoms with van der Waals surface area (Å²) in [4.78, 5) is 20.2. The Hall–Kier alpha value is -2.73. The number of aromatic nitrogens is 1. The van der Waals surface area contributed by atoms with Gasteiger partial charge in [-0.1, -0.05) is 12.1 Å². The van der Waals surface area contributed by atoms with E-state index in [2.05, 4.69) is 14.8 Å². The SMILES string of the molecule is O=c1[nH]c([C@@H]2CC[C@H](N3CCN(c4ccc(F)cc4)CC3)C2)cc2cccc(F)c12. The van der Waals surface area contributed by atoms with Crippen LogP contribution in [0, 0.1) is 11.6 Å². The Morgan fingerprint density at radius 3 is 2.47 bits per heavy atom. The quantitative estimate of drug-likeness (QED) is 0.703. The number of benzene rings is 2. The summed E-state index contributed by atoms with van der Waals surface area (Å²) in [6.45, 7) is 3.82. The third-order valence-corrected chi connectivity index (χ3v) is 6.71. The molecule has 2 aliphatic rings. The van der Waals surface area contributed by atoms with Gasteiger partial charge in [0, 0.05) is 49.5 Å². The highest BCUT2D eigenvalue weighted by molar-refractivity contribution is 5.82. The number of piperazine rings is 1. The number of nitrogens with one attached hydrogen (secondary N) is 1. The Kier molecular flexibility index (Phi) is 5.03. The van der Waals surface area contributed by atoms with Crippen molar-refractivity contribution >= 4 is 16.5 Å². The van der Waals surface area contributed by atoms with Gasteiger partial charge >= 0.3 is 0 Å². The van der Waals surface area contributed by atoms with Crippen molar-refractivity contribution in [1.82, 2.24) is 9.88 Å². The van der Waals surface area contributed by atoms with Gasteiger partial charge in [0.1, 0.15) is 11.6 Å². The molecule has 0 spiro atoms. The Bertz CT molecular complexity index is 1100. The average molecular weight is 409 g/mol. The van der Waals surface area contributed by atoms with Gasteiger partial charge < -0.3 is 9.88 Å². The molecule has 0 amide bonds. The standard InChI is InChI=1S/C24H25F2N3O/c25-18-5-8-19(9-6-18)28-10-12-29(13-11-28)20-7-4-16(14-20)22-15-17-2-1-3-21(26)23(17)24(30)27-22/h1-3,5-6,8-9,15-16,20H,4,7,10-14H2,(H,27,30)/t16-,20+/m1/s1. The van der Waals surface area contributed by atoms with Crippen molar-refractivity contribution < 1.29 is 8.78 Å². The van der Waals surface area contributed by atoms with Gasteiger partial charge in [0.15, 0.2) is 0 Å². The topological polar surface area (TPSA) is 39.3 Å². The molecule has 0 bridgehead atoms. The van der Waals surface area contributed by atoms with E-state index in [0.717, 1.165) is 56.8 Å². The summed E-state index contributed by atoms with van der Waals surface area (Å²) in [5.74, 6) is -0.377. The van der Waals surface area contributed by atoms with Crippen LogP contribution in [0.25, 0.3) is 10.8 Å². The van der Waals surface area contributed by atoms with E-state index in [1.165, 1.54) is 18.2 Å². The van der Waals surface area contributed by atoms with Crippen molar-refractivity contribution in [3.8, 4) is 0 Å². The zero-order chi connectivity index (χ0) is 20.7. The first-order valence-electron chi connectivity index (χ1n) is 10.6. The molecule has 6 heteroatoms. The molecule has 2 heterocycles. The predicted octanol–water partition coefficient (Wildman–Crippen LogP) is 4.26. The summed E-state index contributed by atoms with van der Waals surface area (Å²) in [6, 6.07) is 13.9. The summed E-state index contributed by atoms with van der Waals surface area (Å²) in [5.41, 5.74) is 1.66. The summed E-state index contributed by atoms with van der Waals surface area (Å²) < 4.78 is 27.1. The van der Waals surface area contributed by atoms with Gasteiger partial charge in [-0.2, -0.15) is 0 Å². The molecule has 0 unspecified atom stereocenters. The second-order valence-electron chi connectivity index (χ2n) is 8.42. The molecule has 4 nitrogen and oxygen atoms in total. The molecule has 1 N–H and O–H groups in total. The molecule has 2 atom stereocenters. The maximum atomic E-state index is 14.0. The van der Waals surface area contributed by atoms with Crippen LogP contribution in [0.1, 0.15) is 30.9 Å². The number of nitrogens with zero attached hydrogens (tertiary/aromatic N) is 2. The number of anilines is 1. The number of fused-ring (bicyclic) bond motifs is 1. The number of H-pyrrole nitrogens is 1. The van der Waals surface area contributed by atoms with E-state index >= 15 is 0 Å². The van der Waals surface area contributed by atoms with Gasteiger partial charge in [0.2, 0.25) is 0 Å². The maximum absolute atomic E-state index is 14.0. The minimum absolute atomic E-state index is 0.146. The number of halogens is 2. The number of rotatable bonds is 3. The summed E-state index contributed by atoms with van der Waals surface area (Å²) in [5, 5.41) is 0.817. The number of hydrogen-bond acceptors (Lipinski definition) is 3. The van der Waals surface area contributed by atoms with Gasteiger partial charge in [-0.25, -0.2) is 8.78 Å². The van der Waals surface area contributed by atoms with Crippen LogP contribution in [0.3, 0.4) is 0 Å². The fourth-order valence-electron chi connectivity index (χ4n) is 5.09. The molecule has 2 aromatic carbocycles. The van der Waals surface area contributed by atoms with Crippen molar-refractivity contribution in [2.24, 2.45) is 0 Å². The van der Waals surface area contributed by atoms with Gasteiger partial charge in [-0.05, 0) is 61.0 Å². The lowest BCUT2D eigenvalue weighted by Crippen LogP contribution is -2.49. The van der Waals surface area contributed by atoms with Gasteiger partial charge in [0.05, 0.1) is 5.39 Å². The highest BCUT2D eigenvalue weighted by Gasteiger charge is 2.32. The van der Waals surface area contributed by atoms with E-state index in [9.17, 15) is 13.6 Å². The van der Waals surface area contributed by atoms with Crippen LogP contribution in [0.15, 0.2) is 53.3 Å². The minimum Gasteiger partial charge on any atom is -0.369 e. The zero-order valence-electron chi connectivity index (χ0n) is 16.8. The van der Waals surface area contributed by atoms with Gasteiger partial charge in [0.25, 0.3) is 5.56 Å². The summed E-state index contributed by atoms with van der Waals surface area (Å²) >= 11 is 0. The largest absolute Gasteiger partial charge is 0.369 e. The van der Waals surface area contributed by atoms with E-state index < -0.39 is 5.82 Å². The molecular weight excluding hydrogens is 384 g/mol. The molecule has 2 fully saturated rings. The fraction of sp³-hybridized carbons (Fsp3) is 0.375. The monoisotopic (exact) mass is 409 g/mol. The minimum atomic E-state index is -0.469. The van der Waals surface area contributed by atoms with E-state index in [1.54, 1.807) is 12.1 Å². The van der Waals surface area contributed by atoms with Crippen molar-refractivity contribution in [1.29, 1.82) is 0 Å². The van der Waals surface area contributed by atoms with Crippen molar-refractivity contribution in [3.63, 3.8) is 0 Å². The normalized spacial score (nSPS) is 22.7. The van der Waals surface area contributed by atoms with Crippen molar-refractivity contribution in [2.75, 3.05) is 31.1 Å². The number of hydrogen-bond donors (Lipinski definition) is 1. The van der Waals surface area contributed by atoms with Gasteiger partial charge in [-0.15, -0.1) is 0 Å². The molecule has 30 heavy (non-hydrogen) atoms.